The minimum absolute atomic E-state index is 0.0740. The molecule has 1 aromatic carbocycles. The standard InChI is InChI=1S/C17H27N3O2/c1-12(2)20-9-13(3)16(10-20)18-14-5-7-15(8-6-14)19-17(21)11-22-4/h5-8,12-13,16,18H,9-11H2,1-4H3,(H,19,21)/t13-,16+/m1/s1. The van der Waals surface area contributed by atoms with Crippen molar-refractivity contribution in [3.05, 3.63) is 24.3 Å². The fraction of sp³-hybridized carbons (Fsp3) is 0.588. The number of hydrogen-bond donors (Lipinski definition) is 2. The number of methoxy groups -OCH3 is 1. The summed E-state index contributed by atoms with van der Waals surface area (Å²) in [4.78, 5) is 14.0. The molecule has 0 aromatic heterocycles. The van der Waals surface area contributed by atoms with Gasteiger partial charge in [0.2, 0.25) is 5.91 Å². The van der Waals surface area contributed by atoms with Gasteiger partial charge in [0, 0.05) is 43.7 Å². The summed E-state index contributed by atoms with van der Waals surface area (Å²) in [5.41, 5.74) is 1.88. The smallest absolute Gasteiger partial charge is 0.250 e. The first-order valence-electron chi connectivity index (χ1n) is 7.89. The monoisotopic (exact) mass is 305 g/mol. The second kappa shape index (κ2) is 7.61. The number of likely N-dealkylation sites (tertiary alicyclic amines) is 1. The Balaban J connectivity index is 1.90. The maximum atomic E-state index is 11.5. The summed E-state index contributed by atoms with van der Waals surface area (Å²) in [6, 6.07) is 8.90. The van der Waals surface area contributed by atoms with E-state index in [9.17, 15) is 4.79 Å². The van der Waals surface area contributed by atoms with Gasteiger partial charge in [-0.05, 0) is 44.0 Å². The van der Waals surface area contributed by atoms with Gasteiger partial charge in [-0.2, -0.15) is 0 Å². The number of amides is 1. The van der Waals surface area contributed by atoms with E-state index in [4.69, 9.17) is 4.74 Å². The van der Waals surface area contributed by atoms with Crippen LogP contribution in [-0.2, 0) is 9.53 Å². The molecular formula is C17H27N3O2. The zero-order chi connectivity index (χ0) is 16.1. The molecule has 1 aliphatic heterocycles. The summed E-state index contributed by atoms with van der Waals surface area (Å²) in [5, 5.41) is 6.40. The van der Waals surface area contributed by atoms with Crippen LogP contribution in [0, 0.1) is 5.92 Å². The molecule has 1 amide bonds. The van der Waals surface area contributed by atoms with E-state index >= 15 is 0 Å². The predicted molar refractivity (Wildman–Crippen MR) is 90.2 cm³/mol. The SMILES string of the molecule is COCC(=O)Nc1ccc(N[C@H]2CN(C(C)C)C[C@H]2C)cc1. The fourth-order valence-electron chi connectivity index (χ4n) is 2.81. The van der Waals surface area contributed by atoms with Crippen molar-refractivity contribution in [1.82, 2.24) is 4.90 Å². The van der Waals surface area contributed by atoms with E-state index in [1.54, 1.807) is 0 Å². The van der Waals surface area contributed by atoms with Gasteiger partial charge in [0.05, 0.1) is 0 Å². The van der Waals surface area contributed by atoms with Crippen LogP contribution in [0.4, 0.5) is 11.4 Å². The van der Waals surface area contributed by atoms with Crippen molar-refractivity contribution in [3.63, 3.8) is 0 Å². The molecule has 0 unspecified atom stereocenters. The highest BCUT2D eigenvalue weighted by Crippen LogP contribution is 2.23. The second-order valence-corrected chi connectivity index (χ2v) is 6.33. The molecular weight excluding hydrogens is 278 g/mol. The largest absolute Gasteiger partial charge is 0.381 e. The number of nitrogens with zero attached hydrogens (tertiary/aromatic N) is 1. The minimum atomic E-state index is -0.139. The van der Waals surface area contributed by atoms with Crippen molar-refractivity contribution in [1.29, 1.82) is 0 Å². The molecule has 0 aliphatic carbocycles. The van der Waals surface area contributed by atoms with Gasteiger partial charge in [-0.1, -0.05) is 6.92 Å². The van der Waals surface area contributed by atoms with Crippen LogP contribution in [0.1, 0.15) is 20.8 Å². The summed E-state index contributed by atoms with van der Waals surface area (Å²) in [5.74, 6) is 0.490. The van der Waals surface area contributed by atoms with Gasteiger partial charge < -0.3 is 15.4 Å². The van der Waals surface area contributed by atoms with Crippen LogP contribution < -0.4 is 10.6 Å². The molecule has 5 heteroatoms. The number of rotatable bonds is 6. The lowest BCUT2D eigenvalue weighted by molar-refractivity contribution is -0.119. The first-order chi connectivity index (χ1) is 10.5. The molecule has 1 aliphatic rings. The molecule has 22 heavy (non-hydrogen) atoms. The van der Waals surface area contributed by atoms with Gasteiger partial charge in [-0.3, -0.25) is 9.69 Å². The Hall–Kier alpha value is -1.59. The second-order valence-electron chi connectivity index (χ2n) is 6.33. The molecule has 0 radical (unpaired) electrons. The Morgan fingerprint density at radius 2 is 1.91 bits per heavy atom. The highest BCUT2D eigenvalue weighted by atomic mass is 16.5. The van der Waals surface area contributed by atoms with Crippen LogP contribution in [-0.4, -0.2) is 49.7 Å². The predicted octanol–water partition coefficient (Wildman–Crippen LogP) is 2.41. The fourth-order valence-corrected chi connectivity index (χ4v) is 2.81. The van der Waals surface area contributed by atoms with Crippen LogP contribution >= 0.6 is 0 Å². The molecule has 2 rings (SSSR count). The van der Waals surface area contributed by atoms with Gasteiger partial charge in [-0.15, -0.1) is 0 Å². The van der Waals surface area contributed by atoms with E-state index in [2.05, 4.69) is 36.3 Å². The number of carbonyl (C=O) groups is 1. The van der Waals surface area contributed by atoms with Crippen molar-refractivity contribution < 1.29 is 9.53 Å². The van der Waals surface area contributed by atoms with Crippen LogP contribution in [0.5, 0.6) is 0 Å². The quantitative estimate of drug-likeness (QED) is 0.847. The van der Waals surface area contributed by atoms with E-state index in [0.717, 1.165) is 24.5 Å². The van der Waals surface area contributed by atoms with Gasteiger partial charge in [0.1, 0.15) is 6.61 Å². The van der Waals surface area contributed by atoms with Crippen LogP contribution in [0.3, 0.4) is 0 Å². The molecule has 5 nitrogen and oxygen atoms in total. The maximum Gasteiger partial charge on any atom is 0.250 e. The van der Waals surface area contributed by atoms with Crippen molar-refractivity contribution in [2.24, 2.45) is 5.92 Å². The molecule has 0 saturated carbocycles. The molecule has 2 N–H and O–H groups in total. The molecule has 1 saturated heterocycles. The van der Waals surface area contributed by atoms with E-state index in [-0.39, 0.29) is 12.5 Å². The van der Waals surface area contributed by atoms with E-state index < -0.39 is 0 Å². The van der Waals surface area contributed by atoms with Crippen molar-refractivity contribution in [2.45, 2.75) is 32.9 Å². The summed E-state index contributed by atoms with van der Waals surface area (Å²) in [6.45, 7) is 9.06. The number of anilines is 2. The first-order valence-corrected chi connectivity index (χ1v) is 7.89. The molecule has 2 atom stereocenters. The zero-order valence-electron chi connectivity index (χ0n) is 13.9. The van der Waals surface area contributed by atoms with Crippen LogP contribution in [0.2, 0.25) is 0 Å². The third-order valence-electron chi connectivity index (χ3n) is 4.17. The molecule has 0 spiro atoms. The van der Waals surface area contributed by atoms with Crippen molar-refractivity contribution >= 4 is 17.3 Å². The number of carbonyl (C=O) groups excluding carboxylic acids is 1. The Labute approximate surface area is 133 Å². The van der Waals surface area contributed by atoms with Crippen LogP contribution in [0.25, 0.3) is 0 Å². The Morgan fingerprint density at radius 1 is 1.27 bits per heavy atom. The van der Waals surface area contributed by atoms with Crippen molar-refractivity contribution in [3.8, 4) is 0 Å². The van der Waals surface area contributed by atoms with Crippen LogP contribution in [0.15, 0.2) is 24.3 Å². The van der Waals surface area contributed by atoms with Gasteiger partial charge in [0.15, 0.2) is 0 Å². The summed E-state index contributed by atoms with van der Waals surface area (Å²) in [7, 11) is 1.51. The normalized spacial score (nSPS) is 22.0. The molecule has 0 bridgehead atoms. The Morgan fingerprint density at radius 3 is 2.45 bits per heavy atom. The zero-order valence-corrected chi connectivity index (χ0v) is 13.9. The average Bonchev–Trinajstić information content (AvgIpc) is 2.83. The lowest BCUT2D eigenvalue weighted by atomic mass is 10.1. The van der Waals surface area contributed by atoms with E-state index in [1.807, 2.05) is 24.3 Å². The maximum absolute atomic E-state index is 11.5. The van der Waals surface area contributed by atoms with Gasteiger partial charge in [0.25, 0.3) is 0 Å². The van der Waals surface area contributed by atoms with E-state index in [0.29, 0.717) is 18.0 Å². The number of ether oxygens (including phenoxy) is 1. The summed E-state index contributed by atoms with van der Waals surface area (Å²) >= 11 is 0. The highest BCUT2D eigenvalue weighted by molar-refractivity contribution is 5.91. The summed E-state index contributed by atoms with van der Waals surface area (Å²) in [6.07, 6.45) is 0. The van der Waals surface area contributed by atoms with Gasteiger partial charge >= 0.3 is 0 Å². The van der Waals surface area contributed by atoms with Crippen molar-refractivity contribution in [2.75, 3.05) is 37.4 Å². The minimum Gasteiger partial charge on any atom is -0.381 e. The molecule has 1 fully saturated rings. The number of nitrogens with one attached hydrogen (secondary N) is 2. The number of hydrogen-bond acceptors (Lipinski definition) is 4. The first kappa shape index (κ1) is 16.8. The van der Waals surface area contributed by atoms with Gasteiger partial charge in [-0.25, -0.2) is 0 Å². The molecule has 1 aromatic rings. The molecule has 1 heterocycles. The molecule has 122 valence electrons. The Bertz CT molecular complexity index is 487. The topological polar surface area (TPSA) is 53.6 Å². The summed E-state index contributed by atoms with van der Waals surface area (Å²) < 4.78 is 4.80. The Kier molecular flexibility index (Phi) is 5.80. The number of benzene rings is 1. The lowest BCUT2D eigenvalue weighted by Gasteiger charge is -2.21. The lowest BCUT2D eigenvalue weighted by Crippen LogP contribution is -2.31. The highest BCUT2D eigenvalue weighted by Gasteiger charge is 2.30. The third kappa shape index (κ3) is 4.45. The average molecular weight is 305 g/mol. The third-order valence-corrected chi connectivity index (χ3v) is 4.17. The van der Waals surface area contributed by atoms with E-state index in [1.165, 1.54) is 7.11 Å².